The minimum absolute atomic E-state index is 0.134. The van der Waals surface area contributed by atoms with Crippen molar-refractivity contribution < 1.29 is 47.6 Å². The number of ether oxygens (including phenoxy) is 2. The molecule has 0 aliphatic rings. The summed E-state index contributed by atoms with van der Waals surface area (Å²) in [7, 11) is 0. The number of nitrogens with zero attached hydrogens (tertiary/aromatic N) is 5. The first kappa shape index (κ1) is 35.7. The van der Waals surface area contributed by atoms with E-state index in [-0.39, 0.29) is 59.8 Å². The number of nitrogens with one attached hydrogen (secondary N) is 6. The van der Waals surface area contributed by atoms with Crippen molar-refractivity contribution >= 4 is 35.1 Å². The average molecular weight is 697 g/mol. The fourth-order valence-electron chi connectivity index (χ4n) is 4.08. The number of hydrogen-bond acceptors (Lipinski definition) is 14. The maximum Gasteiger partial charge on any atom is 0.337 e. The van der Waals surface area contributed by atoms with Gasteiger partial charge in [-0.05, 0) is 49.2 Å². The minimum atomic E-state index is -1.56. The van der Waals surface area contributed by atoms with Crippen LogP contribution in [0.4, 0.5) is 20.2 Å². The second-order valence-electron chi connectivity index (χ2n) is 9.82. The number of nitrogens with two attached hydrogens (primary N) is 1. The molecule has 2 heterocycles. The summed E-state index contributed by atoms with van der Waals surface area (Å²) < 4.78 is 40.2. The van der Waals surface area contributed by atoms with Gasteiger partial charge in [-0.25, -0.2) is 29.7 Å². The number of carboxylic acid groups (broad SMARTS) is 2. The Morgan fingerprint density at radius 2 is 1.24 bits per heavy atom. The van der Waals surface area contributed by atoms with E-state index < -0.39 is 58.0 Å². The van der Waals surface area contributed by atoms with Crippen LogP contribution in [0.25, 0.3) is 0 Å². The average Bonchev–Trinajstić information content (AvgIpc) is 3.08. The second kappa shape index (κ2) is 15.7. The van der Waals surface area contributed by atoms with Gasteiger partial charge in [0.05, 0.1) is 35.7 Å². The van der Waals surface area contributed by atoms with Crippen molar-refractivity contribution in [3.63, 3.8) is 0 Å². The standard InChI is InChI=1S/C28H26F2N12O8/c29-15-9-13(27(45)46)19(35-25(43)17-3-5-23(31)41(37-17)39-33)11-21(15)49-7-1-2-8-50-22-12-20(14(28(47)48)10-16(22)30)36-26(44)18-4-6-24(32)42(38-18)40-34/h3-6,9-12,31-33,40H,1-2,7-8,34H2,(H,35,43)(H,36,44)(H,45,46)(H,47,48). The Bertz CT molecular complexity index is 2120. The predicted octanol–water partition coefficient (Wildman–Crippen LogP) is 1.67. The number of carboxylic acids is 2. The van der Waals surface area contributed by atoms with Gasteiger partial charge in [0.15, 0.2) is 45.5 Å². The van der Waals surface area contributed by atoms with E-state index in [1.165, 1.54) is 12.1 Å². The van der Waals surface area contributed by atoms with Crippen molar-refractivity contribution in [3.8, 4) is 11.5 Å². The molecule has 2 aromatic heterocycles. The normalized spacial score (nSPS) is 10.5. The highest BCUT2D eigenvalue weighted by molar-refractivity contribution is 6.07. The molecule has 260 valence electrons. The lowest BCUT2D eigenvalue weighted by Gasteiger charge is -2.14. The molecule has 0 fully saturated rings. The molecule has 0 atom stereocenters. The van der Waals surface area contributed by atoms with E-state index >= 15 is 0 Å². The van der Waals surface area contributed by atoms with Crippen LogP contribution in [-0.4, -0.2) is 67.0 Å². The lowest BCUT2D eigenvalue weighted by atomic mass is 10.1. The van der Waals surface area contributed by atoms with Crippen molar-refractivity contribution in [2.45, 2.75) is 12.8 Å². The third-order valence-electron chi connectivity index (χ3n) is 6.49. The van der Waals surface area contributed by atoms with Crippen molar-refractivity contribution in [2.75, 3.05) is 29.4 Å². The van der Waals surface area contributed by atoms with Gasteiger partial charge in [-0.1, -0.05) is 5.22 Å². The molecule has 0 spiro atoms. The summed E-state index contributed by atoms with van der Waals surface area (Å²) in [5.74, 6) is -2.60. The molecular weight excluding hydrogens is 670 g/mol. The van der Waals surface area contributed by atoms with E-state index in [0.717, 1.165) is 29.1 Å². The molecule has 0 aliphatic heterocycles. The van der Waals surface area contributed by atoms with Crippen molar-refractivity contribution in [1.29, 1.82) is 16.3 Å². The Morgan fingerprint density at radius 3 is 1.68 bits per heavy atom. The van der Waals surface area contributed by atoms with Crippen LogP contribution in [0.3, 0.4) is 0 Å². The SMILES string of the molecule is N=Nn1nc(C(=O)Nc2cc(OCCCCOc3cc(NC(=O)c4ccc(=N)n(NN)n4)c(C(=O)O)cc3F)c(F)cc2C(=O)O)ccc1=N. The number of hydrazine groups is 1. The van der Waals surface area contributed by atoms with Crippen LogP contribution in [-0.2, 0) is 0 Å². The largest absolute Gasteiger partial charge is 0.490 e. The predicted molar refractivity (Wildman–Crippen MR) is 163 cm³/mol. The second-order valence-corrected chi connectivity index (χ2v) is 9.82. The van der Waals surface area contributed by atoms with Gasteiger partial charge in [-0.2, -0.15) is 5.53 Å². The van der Waals surface area contributed by atoms with Crippen LogP contribution >= 0.6 is 0 Å². The summed E-state index contributed by atoms with van der Waals surface area (Å²) in [6.45, 7) is -0.271. The Kier molecular flexibility index (Phi) is 11.2. The molecule has 20 nitrogen and oxygen atoms in total. The molecule has 2 aromatic carbocycles. The van der Waals surface area contributed by atoms with Crippen molar-refractivity contribution in [2.24, 2.45) is 11.1 Å². The number of benzene rings is 2. The molecule has 2 amide bonds. The maximum absolute atomic E-state index is 14.7. The monoisotopic (exact) mass is 696 g/mol. The smallest absolute Gasteiger partial charge is 0.337 e. The van der Waals surface area contributed by atoms with Gasteiger partial charge in [-0.15, -0.1) is 19.8 Å². The zero-order chi connectivity index (χ0) is 36.5. The van der Waals surface area contributed by atoms with Gasteiger partial charge in [-0.3, -0.25) is 20.4 Å². The lowest BCUT2D eigenvalue weighted by molar-refractivity contribution is 0.0686. The highest BCUT2D eigenvalue weighted by Crippen LogP contribution is 2.29. The van der Waals surface area contributed by atoms with Crippen LogP contribution in [0.2, 0.25) is 0 Å². The first-order valence-electron chi connectivity index (χ1n) is 14.0. The number of halogens is 2. The summed E-state index contributed by atoms with van der Waals surface area (Å²) in [5.41, 5.74) is 6.18. The molecule has 22 heteroatoms. The summed E-state index contributed by atoms with van der Waals surface area (Å²) in [6.07, 6.45) is 0.404. The zero-order valence-corrected chi connectivity index (χ0v) is 25.4. The number of carbonyl (C=O) groups excluding carboxylic acids is 2. The highest BCUT2D eigenvalue weighted by Gasteiger charge is 2.21. The third-order valence-corrected chi connectivity index (χ3v) is 6.49. The van der Waals surface area contributed by atoms with Gasteiger partial charge < -0.3 is 30.3 Å². The van der Waals surface area contributed by atoms with Crippen molar-refractivity contribution in [1.82, 2.24) is 19.8 Å². The molecule has 0 saturated carbocycles. The number of hydrogen-bond donors (Lipinski definition) is 9. The van der Waals surface area contributed by atoms with E-state index in [9.17, 15) is 38.2 Å². The van der Waals surface area contributed by atoms with E-state index in [4.69, 9.17) is 31.7 Å². The van der Waals surface area contributed by atoms with Crippen LogP contribution < -0.4 is 42.5 Å². The van der Waals surface area contributed by atoms with Crippen LogP contribution in [0, 0.1) is 28.0 Å². The van der Waals surface area contributed by atoms with Crippen LogP contribution in [0.15, 0.2) is 53.8 Å². The van der Waals surface area contributed by atoms with Gasteiger partial charge in [0.2, 0.25) is 0 Å². The van der Waals surface area contributed by atoms with Crippen molar-refractivity contribution in [3.05, 3.63) is 93.7 Å². The molecule has 4 rings (SSSR count). The molecule has 4 aromatic rings. The molecular formula is C28H26F2N12O8. The quantitative estimate of drug-likeness (QED) is 0.0371. The minimum Gasteiger partial charge on any atom is -0.490 e. The van der Waals surface area contributed by atoms with E-state index in [1.807, 2.05) is 0 Å². The van der Waals surface area contributed by atoms with Crippen LogP contribution in [0.1, 0.15) is 54.5 Å². The molecule has 0 aliphatic carbocycles. The first-order valence-corrected chi connectivity index (χ1v) is 14.0. The maximum atomic E-state index is 14.7. The molecule has 10 N–H and O–H groups in total. The topological polar surface area (TPSA) is 309 Å². The van der Waals surface area contributed by atoms with Gasteiger partial charge in [0.1, 0.15) is 0 Å². The van der Waals surface area contributed by atoms with Gasteiger partial charge >= 0.3 is 11.9 Å². The zero-order valence-electron chi connectivity index (χ0n) is 25.4. The summed E-state index contributed by atoms with van der Waals surface area (Å²) in [4.78, 5) is 50.1. The number of unbranched alkanes of at least 4 members (excludes halogenated alkanes) is 1. The van der Waals surface area contributed by atoms with Gasteiger partial charge in [0, 0.05) is 12.1 Å². The summed E-state index contributed by atoms with van der Waals surface area (Å²) >= 11 is 0. The number of amides is 2. The number of nitrogen functional groups attached to an aromatic ring is 1. The fraction of sp³-hybridized carbons (Fsp3) is 0.143. The lowest BCUT2D eigenvalue weighted by Crippen LogP contribution is -2.36. The number of rotatable bonds is 15. The number of aromatic nitrogens is 4. The third kappa shape index (κ3) is 8.43. The molecule has 0 unspecified atom stereocenters. The highest BCUT2D eigenvalue weighted by atomic mass is 19.1. The molecule has 0 saturated heterocycles. The molecule has 0 radical (unpaired) electrons. The Morgan fingerprint density at radius 1 is 0.780 bits per heavy atom. The number of anilines is 2. The number of aromatic carboxylic acids is 2. The molecule has 50 heavy (non-hydrogen) atoms. The van der Waals surface area contributed by atoms with Crippen LogP contribution in [0.5, 0.6) is 11.5 Å². The Hall–Kier alpha value is -7.10. The summed E-state index contributed by atoms with van der Waals surface area (Å²) in [6, 6.07) is 7.86. The van der Waals surface area contributed by atoms with Gasteiger partial charge in [0.25, 0.3) is 11.8 Å². The Balaban J connectivity index is 1.38. The van der Waals surface area contributed by atoms with E-state index in [0.29, 0.717) is 16.9 Å². The summed E-state index contributed by atoms with van der Waals surface area (Å²) in [5, 5.41) is 49.2. The Labute approximate surface area is 277 Å². The van der Waals surface area contributed by atoms with E-state index in [1.54, 1.807) is 0 Å². The molecule has 0 bridgehead atoms. The van der Waals surface area contributed by atoms with E-state index in [2.05, 4.69) is 31.6 Å². The number of carbonyl (C=O) groups is 4. The fourth-order valence-corrected chi connectivity index (χ4v) is 4.08. The first-order chi connectivity index (χ1) is 23.8.